The Hall–Kier alpha value is -3.26. The van der Waals surface area contributed by atoms with E-state index in [0.717, 1.165) is 22.4 Å². The summed E-state index contributed by atoms with van der Waals surface area (Å²) in [6.07, 6.45) is 0. The summed E-state index contributed by atoms with van der Waals surface area (Å²) in [5.74, 6) is -0.603. The summed E-state index contributed by atoms with van der Waals surface area (Å²) in [7, 11) is 1.72. The number of para-hydroxylation sites is 1. The van der Waals surface area contributed by atoms with Crippen molar-refractivity contribution in [3.63, 3.8) is 0 Å². The molecule has 0 fully saturated rings. The monoisotopic (exact) mass is 385 g/mol. The molecular weight excluding hydrogens is 360 g/mol. The molecule has 2 rings (SSSR count). The Balaban J connectivity index is 1.94. The lowest BCUT2D eigenvalue weighted by Crippen LogP contribution is -3.11. The van der Waals surface area contributed by atoms with Gasteiger partial charge in [0.15, 0.2) is 13.1 Å². The normalized spacial score (nSPS) is 11.6. The van der Waals surface area contributed by atoms with Crippen LogP contribution in [0, 0.1) is 30.9 Å². The molecule has 0 bridgehead atoms. The van der Waals surface area contributed by atoms with Crippen molar-refractivity contribution >= 4 is 28.9 Å². The van der Waals surface area contributed by atoms with E-state index in [1.165, 1.54) is 12.1 Å². The molecule has 0 saturated carbocycles. The van der Waals surface area contributed by atoms with Crippen LogP contribution in [0.15, 0.2) is 36.4 Å². The van der Waals surface area contributed by atoms with Gasteiger partial charge in [0.1, 0.15) is 5.69 Å². The van der Waals surface area contributed by atoms with Gasteiger partial charge in [-0.25, -0.2) is 0 Å². The van der Waals surface area contributed by atoms with E-state index in [1.54, 1.807) is 20.0 Å². The molecule has 8 heteroatoms. The van der Waals surface area contributed by atoms with Gasteiger partial charge in [-0.15, -0.1) is 0 Å². The summed E-state index contributed by atoms with van der Waals surface area (Å²) in [6.45, 7) is 5.68. The zero-order chi connectivity index (χ0) is 20.8. The predicted molar refractivity (Wildman–Crippen MR) is 108 cm³/mol. The Morgan fingerprint density at radius 1 is 1.00 bits per heavy atom. The van der Waals surface area contributed by atoms with Crippen LogP contribution in [-0.2, 0) is 9.59 Å². The van der Waals surface area contributed by atoms with Crippen molar-refractivity contribution in [2.24, 2.45) is 0 Å². The average molecular weight is 385 g/mol. The second kappa shape index (κ2) is 9.09. The summed E-state index contributed by atoms with van der Waals surface area (Å²) in [5, 5.41) is 16.6. The van der Waals surface area contributed by atoms with Gasteiger partial charge in [-0.05, 0) is 43.5 Å². The van der Waals surface area contributed by atoms with Gasteiger partial charge in [0, 0.05) is 11.8 Å². The first kappa shape index (κ1) is 21.0. The lowest BCUT2D eigenvalue weighted by atomic mass is 10.1. The highest BCUT2D eigenvalue weighted by molar-refractivity contribution is 5.95. The summed E-state index contributed by atoms with van der Waals surface area (Å²) >= 11 is 0. The summed E-state index contributed by atoms with van der Waals surface area (Å²) in [4.78, 5) is 35.8. The van der Waals surface area contributed by atoms with Crippen LogP contribution < -0.4 is 15.5 Å². The zero-order valence-electron chi connectivity index (χ0n) is 16.5. The highest BCUT2D eigenvalue weighted by Crippen LogP contribution is 2.25. The predicted octanol–water partition coefficient (Wildman–Crippen LogP) is 1.61. The largest absolute Gasteiger partial charge is 0.322 e. The molecule has 1 atom stereocenters. The Morgan fingerprint density at radius 2 is 1.57 bits per heavy atom. The molecule has 0 aliphatic heterocycles. The van der Waals surface area contributed by atoms with Gasteiger partial charge in [-0.2, -0.15) is 0 Å². The highest BCUT2D eigenvalue weighted by atomic mass is 16.6. The number of likely N-dealkylation sites (N-methyl/N-ethyl adjacent to an activating group) is 1. The van der Waals surface area contributed by atoms with E-state index in [2.05, 4.69) is 10.6 Å². The number of rotatable bonds is 7. The fourth-order valence-electron chi connectivity index (χ4n) is 2.90. The number of carbonyl (C=O) groups is 2. The number of nitrogens with one attached hydrogen (secondary N) is 3. The minimum Gasteiger partial charge on any atom is -0.322 e. The quantitative estimate of drug-likeness (QED) is 0.497. The van der Waals surface area contributed by atoms with Gasteiger partial charge >= 0.3 is 0 Å². The smallest absolute Gasteiger partial charge is 0.293 e. The Bertz CT molecular complexity index is 891. The van der Waals surface area contributed by atoms with Gasteiger partial charge < -0.3 is 15.5 Å². The number of nitro groups is 1. The molecule has 0 aliphatic carbocycles. The molecule has 8 nitrogen and oxygen atoms in total. The summed E-state index contributed by atoms with van der Waals surface area (Å²) in [6, 6.07) is 10.4. The lowest BCUT2D eigenvalue weighted by Gasteiger charge is -2.15. The maximum Gasteiger partial charge on any atom is 0.293 e. The molecule has 0 spiro atoms. The summed E-state index contributed by atoms with van der Waals surface area (Å²) < 4.78 is 0. The molecule has 3 N–H and O–H groups in total. The second-order valence-electron chi connectivity index (χ2n) is 6.95. The lowest BCUT2D eigenvalue weighted by molar-refractivity contribution is -0.862. The van der Waals surface area contributed by atoms with E-state index in [4.69, 9.17) is 0 Å². The Morgan fingerprint density at radius 3 is 2.14 bits per heavy atom. The molecule has 0 radical (unpaired) electrons. The van der Waals surface area contributed by atoms with Crippen LogP contribution in [0.25, 0.3) is 0 Å². The van der Waals surface area contributed by atoms with Gasteiger partial charge in [-0.1, -0.05) is 24.3 Å². The minimum atomic E-state index is -0.531. The van der Waals surface area contributed by atoms with E-state index < -0.39 is 10.8 Å². The molecule has 0 aliphatic rings. The standard InChI is InChI=1S/C20H24N4O4/c1-13-8-9-16(17(10-13)24(27)28)21-18(25)11-23(4)12-19(26)22-20-14(2)6-5-7-15(20)3/h5-10H,11-12H2,1-4H3,(H,21,25)(H,22,26)/p+1. The molecule has 2 amide bonds. The molecule has 0 heterocycles. The molecular formula is C20H25N4O4+. The van der Waals surface area contributed by atoms with Crippen LogP contribution >= 0.6 is 0 Å². The fraction of sp³-hybridized carbons (Fsp3) is 0.300. The van der Waals surface area contributed by atoms with Crippen molar-refractivity contribution in [1.82, 2.24) is 0 Å². The van der Waals surface area contributed by atoms with Crippen molar-refractivity contribution in [3.8, 4) is 0 Å². The van der Waals surface area contributed by atoms with Crippen molar-refractivity contribution < 1.29 is 19.4 Å². The third-order valence-electron chi connectivity index (χ3n) is 4.29. The maximum atomic E-state index is 12.3. The molecule has 0 saturated heterocycles. The van der Waals surface area contributed by atoms with Crippen molar-refractivity contribution in [2.75, 3.05) is 30.8 Å². The van der Waals surface area contributed by atoms with Crippen LogP contribution in [0.5, 0.6) is 0 Å². The van der Waals surface area contributed by atoms with Gasteiger partial charge in [0.05, 0.1) is 12.0 Å². The van der Waals surface area contributed by atoms with E-state index in [9.17, 15) is 19.7 Å². The maximum absolute atomic E-state index is 12.3. The van der Waals surface area contributed by atoms with Crippen LogP contribution in [-0.4, -0.2) is 36.9 Å². The minimum absolute atomic E-state index is 0.00516. The second-order valence-corrected chi connectivity index (χ2v) is 6.95. The first-order valence-corrected chi connectivity index (χ1v) is 8.89. The first-order chi connectivity index (χ1) is 13.2. The molecule has 148 valence electrons. The number of benzene rings is 2. The van der Waals surface area contributed by atoms with Gasteiger partial charge in [-0.3, -0.25) is 19.7 Å². The molecule has 0 aromatic heterocycles. The number of hydrogen-bond donors (Lipinski definition) is 3. The molecule has 2 aromatic rings. The molecule has 1 unspecified atom stereocenters. The fourth-order valence-corrected chi connectivity index (χ4v) is 2.90. The third kappa shape index (κ3) is 5.62. The molecule has 2 aromatic carbocycles. The number of anilines is 2. The number of hydrogen-bond acceptors (Lipinski definition) is 4. The summed E-state index contributed by atoms with van der Waals surface area (Å²) in [5.41, 5.74) is 3.44. The van der Waals surface area contributed by atoms with Crippen molar-refractivity contribution in [2.45, 2.75) is 20.8 Å². The van der Waals surface area contributed by atoms with Crippen LogP contribution in [0.4, 0.5) is 17.1 Å². The van der Waals surface area contributed by atoms with Crippen LogP contribution in [0.3, 0.4) is 0 Å². The third-order valence-corrected chi connectivity index (χ3v) is 4.29. The molecule has 28 heavy (non-hydrogen) atoms. The topological polar surface area (TPSA) is 106 Å². The number of amides is 2. The Labute approximate surface area is 163 Å². The number of nitro benzene ring substituents is 1. The van der Waals surface area contributed by atoms with Crippen molar-refractivity contribution in [3.05, 3.63) is 63.2 Å². The number of quaternary nitrogens is 1. The van der Waals surface area contributed by atoms with E-state index >= 15 is 0 Å². The first-order valence-electron chi connectivity index (χ1n) is 8.89. The highest BCUT2D eigenvalue weighted by Gasteiger charge is 2.19. The van der Waals surface area contributed by atoms with Crippen LogP contribution in [0.1, 0.15) is 16.7 Å². The van der Waals surface area contributed by atoms with E-state index in [-0.39, 0.29) is 30.4 Å². The van der Waals surface area contributed by atoms with Crippen molar-refractivity contribution in [1.29, 1.82) is 0 Å². The van der Waals surface area contributed by atoms with Crippen LogP contribution in [0.2, 0.25) is 0 Å². The van der Waals surface area contributed by atoms with Gasteiger partial charge in [0.25, 0.3) is 17.5 Å². The number of nitrogens with zero attached hydrogens (tertiary/aromatic N) is 1. The SMILES string of the molecule is Cc1ccc(NC(=O)C[NH+](C)CC(=O)Nc2c(C)cccc2C)c([N+](=O)[O-])c1. The van der Waals surface area contributed by atoms with E-state index in [0.29, 0.717) is 4.90 Å². The Kier molecular flexibility index (Phi) is 6.84. The van der Waals surface area contributed by atoms with E-state index in [1.807, 2.05) is 32.0 Å². The van der Waals surface area contributed by atoms with Gasteiger partial charge in [0.2, 0.25) is 0 Å². The average Bonchev–Trinajstić information content (AvgIpc) is 2.59. The zero-order valence-corrected chi connectivity index (χ0v) is 16.5. The number of aryl methyl sites for hydroxylation is 3. The number of carbonyl (C=O) groups excluding carboxylic acids is 2.